The molecule has 1 aromatic heterocycles. The lowest BCUT2D eigenvalue weighted by Gasteiger charge is -2.35. The van der Waals surface area contributed by atoms with Gasteiger partial charge in [0, 0.05) is 50.0 Å². The molecule has 3 aliphatic rings. The first kappa shape index (κ1) is 18.4. The van der Waals surface area contributed by atoms with Crippen LogP contribution in [0, 0.1) is 5.92 Å². The molecule has 4 rings (SSSR count). The lowest BCUT2D eigenvalue weighted by Crippen LogP contribution is -2.48. The van der Waals surface area contributed by atoms with Gasteiger partial charge in [-0.1, -0.05) is 11.6 Å². The van der Waals surface area contributed by atoms with E-state index in [4.69, 9.17) is 0 Å². The fourth-order valence-electron chi connectivity index (χ4n) is 3.81. The van der Waals surface area contributed by atoms with Crippen molar-refractivity contribution in [1.29, 1.82) is 0 Å². The molecular weight excluding hydrogens is 330 g/mol. The molecule has 3 fully saturated rings. The Labute approximate surface area is 154 Å². The summed E-state index contributed by atoms with van der Waals surface area (Å²) in [7, 11) is 0. The zero-order valence-corrected chi connectivity index (χ0v) is 15.8. The largest absolute Gasteiger partial charge is 0.336 e. The molecule has 26 heavy (non-hydrogen) atoms. The highest BCUT2D eigenvalue weighted by Gasteiger charge is 2.41. The van der Waals surface area contributed by atoms with E-state index in [0.29, 0.717) is 31.7 Å². The molecule has 2 unspecified atom stereocenters. The highest BCUT2D eigenvalue weighted by atomic mass is 16.2. The summed E-state index contributed by atoms with van der Waals surface area (Å²) in [6, 6.07) is 3.15. The number of fused-ring (bicyclic) bond motifs is 4. The molecule has 3 aliphatic heterocycles. The van der Waals surface area contributed by atoms with Crippen molar-refractivity contribution < 1.29 is 9.59 Å². The van der Waals surface area contributed by atoms with Crippen molar-refractivity contribution >= 4 is 11.8 Å². The molecule has 2 atom stereocenters. The van der Waals surface area contributed by atoms with Crippen molar-refractivity contribution in [1.82, 2.24) is 14.4 Å². The van der Waals surface area contributed by atoms with Crippen LogP contribution in [0.25, 0.3) is 0 Å². The molecular formula is C20H27N3O3. The molecule has 0 aromatic carbocycles. The molecule has 0 radical (unpaired) electrons. The summed E-state index contributed by atoms with van der Waals surface area (Å²) in [4.78, 5) is 41.4. The van der Waals surface area contributed by atoms with E-state index in [1.807, 2.05) is 25.7 Å². The lowest BCUT2D eigenvalue weighted by atomic mass is 9.94. The van der Waals surface area contributed by atoms with E-state index in [2.05, 4.69) is 6.08 Å². The molecule has 1 aromatic rings. The van der Waals surface area contributed by atoms with Gasteiger partial charge in [0.1, 0.15) is 0 Å². The smallest absolute Gasteiger partial charge is 0.254 e. The van der Waals surface area contributed by atoms with Crippen molar-refractivity contribution in [2.75, 3.05) is 19.6 Å². The van der Waals surface area contributed by atoms with E-state index < -0.39 is 0 Å². The third-order valence-corrected chi connectivity index (χ3v) is 5.36. The number of hydrogen-bond donors (Lipinski definition) is 0. The maximum atomic E-state index is 12.9. The minimum atomic E-state index is -0.169. The van der Waals surface area contributed by atoms with Crippen molar-refractivity contribution in [2.24, 2.45) is 5.92 Å². The molecule has 3 saturated heterocycles. The molecule has 0 spiro atoms. The SMILES string of the molecule is CCn1ccc(C(=O)N2CC3CCC(C2)N(CC=C(C)C)C3=O)cc1=O. The molecule has 0 aliphatic carbocycles. The van der Waals surface area contributed by atoms with Crippen LogP contribution in [-0.2, 0) is 11.3 Å². The molecule has 0 N–H and O–H groups in total. The number of rotatable bonds is 4. The summed E-state index contributed by atoms with van der Waals surface area (Å²) in [5.74, 6) is -0.145. The number of nitrogens with zero attached hydrogens (tertiary/aromatic N) is 3. The number of carbonyl (C=O) groups is 2. The first-order valence-electron chi connectivity index (χ1n) is 9.34. The molecule has 140 valence electrons. The van der Waals surface area contributed by atoms with Gasteiger partial charge in [-0.2, -0.15) is 0 Å². The van der Waals surface area contributed by atoms with Crippen LogP contribution in [0.15, 0.2) is 34.8 Å². The fourth-order valence-corrected chi connectivity index (χ4v) is 3.81. The van der Waals surface area contributed by atoms with Crippen LogP contribution in [-0.4, -0.2) is 51.9 Å². The van der Waals surface area contributed by atoms with Crippen molar-refractivity contribution in [3.63, 3.8) is 0 Å². The monoisotopic (exact) mass is 357 g/mol. The molecule has 4 heterocycles. The predicted octanol–water partition coefficient (Wildman–Crippen LogP) is 1.90. The minimum Gasteiger partial charge on any atom is -0.336 e. The maximum Gasteiger partial charge on any atom is 0.254 e. The fraction of sp³-hybridized carbons (Fsp3) is 0.550. The van der Waals surface area contributed by atoms with Gasteiger partial charge < -0.3 is 14.4 Å². The van der Waals surface area contributed by atoms with Crippen LogP contribution in [0.3, 0.4) is 0 Å². The summed E-state index contributed by atoms with van der Waals surface area (Å²) in [6.45, 7) is 8.10. The van der Waals surface area contributed by atoms with Crippen molar-refractivity contribution in [3.8, 4) is 0 Å². The Morgan fingerprint density at radius 2 is 2.00 bits per heavy atom. The van der Waals surface area contributed by atoms with Crippen LogP contribution in [0.1, 0.15) is 44.0 Å². The Kier molecular flexibility index (Phi) is 5.30. The zero-order valence-electron chi connectivity index (χ0n) is 15.8. The van der Waals surface area contributed by atoms with Crippen LogP contribution in [0.2, 0.25) is 0 Å². The number of piperidine rings is 1. The van der Waals surface area contributed by atoms with Gasteiger partial charge >= 0.3 is 0 Å². The van der Waals surface area contributed by atoms with Gasteiger partial charge in [-0.05, 0) is 39.7 Å². The number of allylic oxidation sites excluding steroid dienone is 1. The summed E-state index contributed by atoms with van der Waals surface area (Å²) >= 11 is 0. The lowest BCUT2D eigenvalue weighted by molar-refractivity contribution is -0.139. The molecule has 6 heteroatoms. The minimum absolute atomic E-state index is 0.0526. The van der Waals surface area contributed by atoms with E-state index in [1.165, 1.54) is 11.6 Å². The first-order chi connectivity index (χ1) is 12.4. The second-order valence-corrected chi connectivity index (χ2v) is 7.45. The first-order valence-corrected chi connectivity index (χ1v) is 9.34. The Bertz CT molecular complexity index is 792. The van der Waals surface area contributed by atoms with Crippen molar-refractivity contribution in [3.05, 3.63) is 45.9 Å². The van der Waals surface area contributed by atoms with E-state index in [-0.39, 0.29) is 29.3 Å². The number of aromatic nitrogens is 1. The van der Waals surface area contributed by atoms with Gasteiger partial charge in [0.2, 0.25) is 5.91 Å². The number of carbonyl (C=O) groups excluding carboxylic acids is 2. The molecule has 0 saturated carbocycles. The Morgan fingerprint density at radius 1 is 1.23 bits per heavy atom. The zero-order chi connectivity index (χ0) is 18.8. The van der Waals surface area contributed by atoms with E-state index in [1.54, 1.807) is 21.7 Å². The van der Waals surface area contributed by atoms with Gasteiger partial charge in [0.05, 0.1) is 5.92 Å². The molecule has 2 amide bonds. The summed E-state index contributed by atoms with van der Waals surface area (Å²) in [5, 5.41) is 0. The normalized spacial score (nSPS) is 22.3. The van der Waals surface area contributed by atoms with Crippen LogP contribution in [0.5, 0.6) is 0 Å². The number of hydrogen-bond acceptors (Lipinski definition) is 3. The standard InChI is InChI=1S/C20H27N3O3/c1-4-21-9-8-15(11-18(21)24)19(25)22-12-16-5-6-17(13-22)23(20(16)26)10-7-14(2)3/h7-9,11,16-17H,4-6,10,12-13H2,1-3H3. The molecule has 2 bridgehead atoms. The second kappa shape index (κ2) is 7.48. The highest BCUT2D eigenvalue weighted by molar-refractivity contribution is 5.95. The quantitative estimate of drug-likeness (QED) is 0.773. The van der Waals surface area contributed by atoms with Crippen LogP contribution in [0.4, 0.5) is 0 Å². The Morgan fingerprint density at radius 3 is 2.65 bits per heavy atom. The van der Waals surface area contributed by atoms with E-state index >= 15 is 0 Å². The Balaban J connectivity index is 1.81. The van der Waals surface area contributed by atoms with Crippen molar-refractivity contribution in [2.45, 2.75) is 46.2 Å². The summed E-state index contributed by atoms with van der Waals surface area (Å²) in [5.41, 5.74) is 1.42. The molecule has 6 nitrogen and oxygen atoms in total. The third-order valence-electron chi connectivity index (χ3n) is 5.36. The van der Waals surface area contributed by atoms with Gasteiger partial charge in [-0.25, -0.2) is 0 Å². The Hall–Kier alpha value is -2.37. The van der Waals surface area contributed by atoms with Gasteiger partial charge in [-0.3, -0.25) is 14.4 Å². The van der Waals surface area contributed by atoms with Crippen LogP contribution >= 0.6 is 0 Å². The maximum absolute atomic E-state index is 12.9. The van der Waals surface area contributed by atoms with Gasteiger partial charge in [0.25, 0.3) is 11.5 Å². The summed E-state index contributed by atoms with van der Waals surface area (Å²) < 4.78 is 1.56. The van der Waals surface area contributed by atoms with Gasteiger partial charge in [-0.15, -0.1) is 0 Å². The third kappa shape index (κ3) is 3.59. The highest BCUT2D eigenvalue weighted by Crippen LogP contribution is 2.29. The predicted molar refractivity (Wildman–Crippen MR) is 99.9 cm³/mol. The number of amides is 2. The average molecular weight is 357 g/mol. The van der Waals surface area contributed by atoms with E-state index in [9.17, 15) is 14.4 Å². The number of aryl methyl sites for hydroxylation is 1. The van der Waals surface area contributed by atoms with Gasteiger partial charge in [0.15, 0.2) is 0 Å². The topological polar surface area (TPSA) is 62.6 Å². The van der Waals surface area contributed by atoms with E-state index in [0.717, 1.165) is 12.8 Å². The summed E-state index contributed by atoms with van der Waals surface area (Å²) in [6.07, 6.45) is 5.48. The average Bonchev–Trinajstić information content (AvgIpc) is 2.90. The second-order valence-electron chi connectivity index (χ2n) is 7.45. The van der Waals surface area contributed by atoms with Crippen LogP contribution < -0.4 is 5.56 Å². The number of pyridine rings is 1.